The standard InChI is InChI=1S/C17H21N5O2/c1-2-22-13(6-8-19-22)17(23)20-11-14-15(12-20)24-10-9-21(14)16-5-3-4-7-18-16/h3-8,14-15H,2,9-12H2,1H3/t14-,15-/m0/s1. The third-order valence-electron chi connectivity index (χ3n) is 4.77. The third-order valence-corrected chi connectivity index (χ3v) is 4.77. The molecular weight excluding hydrogens is 306 g/mol. The van der Waals surface area contributed by atoms with Gasteiger partial charge in [-0.3, -0.25) is 9.48 Å². The molecule has 24 heavy (non-hydrogen) atoms. The highest BCUT2D eigenvalue weighted by atomic mass is 16.5. The fourth-order valence-corrected chi connectivity index (χ4v) is 3.59. The van der Waals surface area contributed by atoms with Crippen LogP contribution in [0, 0.1) is 0 Å². The first-order valence-corrected chi connectivity index (χ1v) is 8.38. The SMILES string of the molecule is CCn1nccc1C(=O)N1C[C@@H]2OCCN(c3ccccn3)[C@H]2C1. The molecule has 0 bridgehead atoms. The Morgan fingerprint density at radius 2 is 2.21 bits per heavy atom. The number of amides is 1. The summed E-state index contributed by atoms with van der Waals surface area (Å²) in [4.78, 5) is 21.4. The van der Waals surface area contributed by atoms with E-state index in [1.165, 1.54) is 0 Å². The van der Waals surface area contributed by atoms with Crippen molar-refractivity contribution in [2.75, 3.05) is 31.1 Å². The monoisotopic (exact) mass is 327 g/mol. The van der Waals surface area contributed by atoms with E-state index in [2.05, 4.69) is 15.0 Å². The topological polar surface area (TPSA) is 63.5 Å². The lowest BCUT2D eigenvalue weighted by Crippen LogP contribution is -2.51. The lowest BCUT2D eigenvalue weighted by atomic mass is 10.1. The average Bonchev–Trinajstić information content (AvgIpc) is 3.28. The van der Waals surface area contributed by atoms with Gasteiger partial charge in [0.25, 0.3) is 5.91 Å². The average molecular weight is 327 g/mol. The van der Waals surface area contributed by atoms with Crippen LogP contribution in [0.25, 0.3) is 0 Å². The third kappa shape index (κ3) is 2.54. The summed E-state index contributed by atoms with van der Waals surface area (Å²) in [6.45, 7) is 5.39. The first kappa shape index (κ1) is 15.1. The number of morpholine rings is 1. The molecule has 4 heterocycles. The summed E-state index contributed by atoms with van der Waals surface area (Å²) >= 11 is 0. The van der Waals surface area contributed by atoms with Crippen molar-refractivity contribution in [2.45, 2.75) is 25.6 Å². The van der Waals surface area contributed by atoms with E-state index < -0.39 is 0 Å². The highest BCUT2D eigenvalue weighted by Gasteiger charge is 2.42. The molecule has 7 nitrogen and oxygen atoms in total. The largest absolute Gasteiger partial charge is 0.372 e. The highest BCUT2D eigenvalue weighted by Crippen LogP contribution is 2.27. The molecule has 0 spiro atoms. The molecule has 2 atom stereocenters. The number of rotatable bonds is 3. The van der Waals surface area contributed by atoms with Gasteiger partial charge in [0.05, 0.1) is 18.8 Å². The Hall–Kier alpha value is -2.41. The van der Waals surface area contributed by atoms with Crippen molar-refractivity contribution in [1.29, 1.82) is 0 Å². The summed E-state index contributed by atoms with van der Waals surface area (Å²) < 4.78 is 7.66. The minimum atomic E-state index is 0.0216. The van der Waals surface area contributed by atoms with Crippen molar-refractivity contribution >= 4 is 11.7 Å². The number of carbonyl (C=O) groups excluding carboxylic acids is 1. The van der Waals surface area contributed by atoms with Crippen molar-refractivity contribution in [1.82, 2.24) is 19.7 Å². The normalized spacial score (nSPS) is 23.4. The number of pyridine rings is 1. The molecule has 2 aliphatic rings. The number of ether oxygens (including phenoxy) is 1. The molecule has 0 radical (unpaired) electrons. The van der Waals surface area contributed by atoms with Gasteiger partial charge in [-0.25, -0.2) is 4.98 Å². The zero-order valence-electron chi connectivity index (χ0n) is 13.7. The summed E-state index contributed by atoms with van der Waals surface area (Å²) in [5.74, 6) is 0.969. The highest BCUT2D eigenvalue weighted by molar-refractivity contribution is 5.92. The number of carbonyl (C=O) groups is 1. The summed E-state index contributed by atoms with van der Waals surface area (Å²) in [5, 5.41) is 4.20. The molecule has 0 unspecified atom stereocenters. The second-order valence-corrected chi connectivity index (χ2v) is 6.10. The molecule has 7 heteroatoms. The van der Waals surface area contributed by atoms with Crippen LogP contribution in [0.4, 0.5) is 5.82 Å². The van der Waals surface area contributed by atoms with E-state index in [0.717, 1.165) is 12.4 Å². The summed E-state index contributed by atoms with van der Waals surface area (Å²) in [5.41, 5.74) is 0.639. The van der Waals surface area contributed by atoms with Crippen molar-refractivity contribution < 1.29 is 9.53 Å². The number of hydrogen-bond acceptors (Lipinski definition) is 5. The molecule has 126 valence electrons. The molecule has 4 rings (SSSR count). The zero-order chi connectivity index (χ0) is 16.5. The number of aromatic nitrogens is 3. The predicted molar refractivity (Wildman–Crippen MR) is 88.9 cm³/mol. The van der Waals surface area contributed by atoms with Gasteiger partial charge in [0.2, 0.25) is 0 Å². The molecule has 0 saturated carbocycles. The van der Waals surface area contributed by atoms with E-state index in [1.54, 1.807) is 23.1 Å². The van der Waals surface area contributed by atoms with E-state index in [-0.39, 0.29) is 18.1 Å². The second kappa shape index (κ2) is 6.24. The maximum Gasteiger partial charge on any atom is 0.272 e. The van der Waals surface area contributed by atoms with Crippen LogP contribution in [-0.4, -0.2) is 64.0 Å². The van der Waals surface area contributed by atoms with E-state index in [0.29, 0.717) is 31.9 Å². The van der Waals surface area contributed by atoms with Crippen LogP contribution in [0.1, 0.15) is 17.4 Å². The molecule has 0 N–H and O–H groups in total. The fourth-order valence-electron chi connectivity index (χ4n) is 3.59. The van der Waals surface area contributed by atoms with Gasteiger partial charge in [0.1, 0.15) is 11.5 Å². The Kier molecular flexibility index (Phi) is 3.93. The van der Waals surface area contributed by atoms with Gasteiger partial charge in [-0.1, -0.05) is 6.07 Å². The second-order valence-electron chi connectivity index (χ2n) is 6.10. The van der Waals surface area contributed by atoms with E-state index in [9.17, 15) is 4.79 Å². The van der Waals surface area contributed by atoms with Gasteiger partial charge < -0.3 is 14.5 Å². The Balaban J connectivity index is 1.55. The molecule has 2 fully saturated rings. The lowest BCUT2D eigenvalue weighted by Gasteiger charge is -2.37. The predicted octanol–water partition coefficient (Wildman–Crippen LogP) is 1.03. The number of likely N-dealkylation sites (tertiary alicyclic amines) is 1. The van der Waals surface area contributed by atoms with Crippen LogP contribution in [0.15, 0.2) is 36.7 Å². The van der Waals surface area contributed by atoms with Gasteiger partial charge >= 0.3 is 0 Å². The van der Waals surface area contributed by atoms with E-state index >= 15 is 0 Å². The van der Waals surface area contributed by atoms with Crippen LogP contribution < -0.4 is 4.90 Å². The van der Waals surface area contributed by atoms with Crippen molar-refractivity contribution in [3.8, 4) is 0 Å². The Morgan fingerprint density at radius 3 is 3.00 bits per heavy atom. The van der Waals surface area contributed by atoms with Gasteiger partial charge in [0, 0.05) is 38.6 Å². The van der Waals surface area contributed by atoms with E-state index in [1.807, 2.05) is 30.0 Å². The minimum Gasteiger partial charge on any atom is -0.372 e. The summed E-state index contributed by atoms with van der Waals surface area (Å²) in [6, 6.07) is 7.85. The summed E-state index contributed by atoms with van der Waals surface area (Å²) in [6.07, 6.45) is 3.51. The van der Waals surface area contributed by atoms with E-state index in [4.69, 9.17) is 4.74 Å². The molecule has 0 aromatic carbocycles. The Bertz CT molecular complexity index is 717. The quantitative estimate of drug-likeness (QED) is 0.842. The maximum atomic E-state index is 12.8. The number of fused-ring (bicyclic) bond motifs is 1. The Morgan fingerprint density at radius 1 is 1.29 bits per heavy atom. The van der Waals surface area contributed by atoms with Crippen molar-refractivity contribution in [3.05, 3.63) is 42.4 Å². The fraction of sp³-hybridized carbons (Fsp3) is 0.471. The first-order valence-electron chi connectivity index (χ1n) is 8.38. The van der Waals surface area contributed by atoms with Crippen LogP contribution >= 0.6 is 0 Å². The number of anilines is 1. The molecule has 2 aromatic heterocycles. The van der Waals surface area contributed by atoms with Crippen molar-refractivity contribution in [2.24, 2.45) is 0 Å². The van der Waals surface area contributed by atoms with Gasteiger partial charge in [-0.05, 0) is 25.1 Å². The molecule has 0 aliphatic carbocycles. The van der Waals surface area contributed by atoms with Crippen LogP contribution in [0.3, 0.4) is 0 Å². The Labute approximate surface area is 140 Å². The zero-order valence-corrected chi connectivity index (χ0v) is 13.7. The van der Waals surface area contributed by atoms with Crippen LogP contribution in [0.5, 0.6) is 0 Å². The van der Waals surface area contributed by atoms with Crippen molar-refractivity contribution in [3.63, 3.8) is 0 Å². The maximum absolute atomic E-state index is 12.8. The van der Waals surface area contributed by atoms with Gasteiger partial charge in [-0.2, -0.15) is 5.10 Å². The number of nitrogens with zero attached hydrogens (tertiary/aromatic N) is 5. The minimum absolute atomic E-state index is 0.0216. The van der Waals surface area contributed by atoms with Crippen LogP contribution in [0.2, 0.25) is 0 Å². The smallest absolute Gasteiger partial charge is 0.272 e. The number of aryl methyl sites for hydroxylation is 1. The molecule has 2 saturated heterocycles. The molecule has 2 aliphatic heterocycles. The van der Waals surface area contributed by atoms with Gasteiger partial charge in [-0.15, -0.1) is 0 Å². The van der Waals surface area contributed by atoms with Gasteiger partial charge in [0.15, 0.2) is 0 Å². The number of hydrogen-bond donors (Lipinski definition) is 0. The molecular formula is C17H21N5O2. The molecule has 2 aromatic rings. The first-order chi connectivity index (χ1) is 11.8. The summed E-state index contributed by atoms with van der Waals surface area (Å²) in [7, 11) is 0. The lowest BCUT2D eigenvalue weighted by molar-refractivity contribution is 0.0298. The molecule has 1 amide bonds. The van der Waals surface area contributed by atoms with Crippen LogP contribution in [-0.2, 0) is 11.3 Å².